The van der Waals surface area contributed by atoms with E-state index < -0.39 is 11.7 Å². The van der Waals surface area contributed by atoms with Crippen LogP contribution in [0.1, 0.15) is 25.1 Å². The first-order chi connectivity index (χ1) is 15.0. The lowest BCUT2D eigenvalue weighted by Crippen LogP contribution is -2.20. The topological polar surface area (TPSA) is 12.9 Å². The van der Waals surface area contributed by atoms with Gasteiger partial charge in [-0.1, -0.05) is 0 Å². The summed E-state index contributed by atoms with van der Waals surface area (Å²) in [6.45, 7) is 8.39. The van der Waals surface area contributed by atoms with Crippen LogP contribution < -0.4 is 5.46 Å². The Morgan fingerprint density at radius 3 is 1.88 bits per heavy atom. The van der Waals surface area contributed by atoms with Crippen LogP contribution >= 0.6 is 65.5 Å². The van der Waals surface area contributed by atoms with E-state index in [0.29, 0.717) is 5.69 Å². The van der Waals surface area contributed by atoms with Gasteiger partial charge in [-0.2, -0.15) is 13.2 Å². The molecule has 0 aliphatic heterocycles. The van der Waals surface area contributed by atoms with E-state index in [1.54, 1.807) is 34.0 Å². The van der Waals surface area contributed by atoms with Gasteiger partial charge in [0.25, 0.3) is 0 Å². The van der Waals surface area contributed by atoms with E-state index in [1.807, 2.05) is 0 Å². The third-order valence-electron chi connectivity index (χ3n) is 5.08. The highest BCUT2D eigenvalue weighted by molar-refractivity contribution is 9.49. The van der Waals surface area contributed by atoms with Gasteiger partial charge in [-0.15, -0.1) is 65.5 Å². The lowest BCUT2D eigenvalue weighted by Gasteiger charge is -2.10. The first-order valence-electron chi connectivity index (χ1n) is 9.60. The van der Waals surface area contributed by atoms with Crippen molar-refractivity contribution < 1.29 is 13.2 Å². The first kappa shape index (κ1) is 24.2. The van der Waals surface area contributed by atoms with E-state index in [1.165, 1.54) is 25.6 Å². The molecule has 4 rings (SSSR count). The summed E-state index contributed by atoms with van der Waals surface area (Å²) >= 11 is 12.4. The maximum atomic E-state index is 13.1. The summed E-state index contributed by atoms with van der Waals surface area (Å²) < 4.78 is 39.1. The smallest absolute Gasteiger partial charge is 0.255 e. The van der Waals surface area contributed by atoms with Crippen LogP contribution in [-0.4, -0.2) is 9.34 Å². The van der Waals surface area contributed by atoms with E-state index >= 15 is 0 Å². The van der Waals surface area contributed by atoms with Crippen LogP contribution in [0.2, 0.25) is 0 Å². The molecule has 0 saturated carbocycles. The number of aromatic nitrogens is 1. The molecule has 4 aromatic rings. The van der Waals surface area contributed by atoms with Crippen molar-refractivity contribution in [3.05, 3.63) is 55.5 Å². The molecule has 0 unspecified atom stereocenters. The van der Waals surface area contributed by atoms with Crippen molar-refractivity contribution in [1.29, 1.82) is 0 Å². The highest BCUT2D eigenvalue weighted by Crippen LogP contribution is 2.47. The van der Waals surface area contributed by atoms with E-state index in [-0.39, 0.29) is 4.36 Å². The Morgan fingerprint density at radius 1 is 0.844 bits per heavy atom. The van der Waals surface area contributed by atoms with Crippen LogP contribution in [0.4, 0.5) is 13.2 Å². The molecule has 32 heavy (non-hydrogen) atoms. The summed E-state index contributed by atoms with van der Waals surface area (Å²) in [6, 6.07) is 6.94. The molecule has 0 aliphatic carbocycles. The van der Waals surface area contributed by atoms with Crippen molar-refractivity contribution >= 4 is 75.3 Å². The first-order valence-corrected chi connectivity index (χ1v) is 13.9. The summed E-state index contributed by atoms with van der Waals surface area (Å²) in [6.07, 6.45) is -3.50. The van der Waals surface area contributed by atoms with Crippen LogP contribution in [-0.2, 0) is 6.18 Å². The van der Waals surface area contributed by atoms with Crippen molar-refractivity contribution in [1.82, 2.24) is 4.98 Å². The fraction of sp³-hybridized carbons (Fsp3) is 0.227. The molecule has 4 aromatic heterocycles. The van der Waals surface area contributed by atoms with Crippen molar-refractivity contribution in [3.8, 4) is 32.1 Å². The molecule has 0 bridgehead atoms. The van der Waals surface area contributed by atoms with E-state index in [4.69, 9.17) is 0 Å². The predicted octanol–water partition coefficient (Wildman–Crippen LogP) is 9.00. The molecule has 0 fully saturated rings. The molecule has 0 N–H and O–H groups in total. The zero-order valence-electron chi connectivity index (χ0n) is 17.5. The van der Waals surface area contributed by atoms with Gasteiger partial charge < -0.3 is 0 Å². The van der Waals surface area contributed by atoms with Crippen molar-refractivity contribution in [2.75, 3.05) is 0 Å². The Balaban J connectivity index is 2.03. The van der Waals surface area contributed by atoms with Crippen LogP contribution in [0.3, 0.4) is 0 Å². The van der Waals surface area contributed by atoms with Gasteiger partial charge in [0.05, 0.1) is 16.1 Å². The number of halogens is 5. The van der Waals surface area contributed by atoms with E-state index in [9.17, 15) is 13.2 Å². The summed E-state index contributed by atoms with van der Waals surface area (Å²) in [5.41, 5.74) is 4.19. The zero-order chi connectivity index (χ0) is 23.4. The fourth-order valence-corrected chi connectivity index (χ4v) is 8.28. The van der Waals surface area contributed by atoms with Gasteiger partial charge >= 0.3 is 10.5 Å². The van der Waals surface area contributed by atoms with Gasteiger partial charge in [0, 0.05) is 36.1 Å². The third kappa shape index (κ3) is 4.53. The molecule has 0 spiro atoms. The van der Waals surface area contributed by atoms with Crippen LogP contribution in [0, 0.1) is 27.7 Å². The lowest BCUT2D eigenvalue weighted by atomic mass is 9.84. The predicted molar refractivity (Wildman–Crippen MR) is 141 cm³/mol. The van der Waals surface area contributed by atoms with Crippen molar-refractivity contribution in [3.63, 3.8) is 0 Å². The molecule has 0 aromatic carbocycles. The number of hydrogen-bond acceptors (Lipinski definition) is 4. The van der Waals surface area contributed by atoms with Gasteiger partial charge in [-0.05, 0) is 68.6 Å². The largest absolute Gasteiger partial charge is 0.417 e. The molecule has 0 atom stereocenters. The van der Waals surface area contributed by atoms with Crippen LogP contribution in [0.15, 0.2) is 30.5 Å². The molecule has 0 amide bonds. The number of thiophene rings is 3. The van der Waals surface area contributed by atoms with Gasteiger partial charge in [-0.3, -0.25) is 4.98 Å². The van der Waals surface area contributed by atoms with E-state index in [0.717, 1.165) is 44.2 Å². The molecule has 0 radical (unpaired) electrons. The fourth-order valence-electron chi connectivity index (χ4n) is 3.73. The normalized spacial score (nSPS) is 11.9. The van der Waals surface area contributed by atoms with Gasteiger partial charge in [0.15, 0.2) is 0 Å². The van der Waals surface area contributed by atoms with Crippen molar-refractivity contribution in [2.24, 2.45) is 0 Å². The Bertz CT molecular complexity index is 1290. The maximum absolute atomic E-state index is 13.1. The minimum atomic E-state index is -4.41. The quantitative estimate of drug-likeness (QED) is 0.208. The van der Waals surface area contributed by atoms with Gasteiger partial charge in [0.2, 0.25) is 0 Å². The molecule has 0 saturated heterocycles. The SMILES string of the molecule is Cc1cc(-c2sc(-c3ccc(C(F)(F)F)cn3)c(B(Br)Br)c2-c2cc(C)sc2C)c(C)s1. The lowest BCUT2D eigenvalue weighted by molar-refractivity contribution is -0.137. The number of alkyl halides is 3. The number of nitrogens with zero attached hydrogens (tertiary/aromatic N) is 1. The molecular formula is C22H17BBr2F3NS3. The molecule has 1 nitrogen and oxygen atoms in total. The highest BCUT2D eigenvalue weighted by atomic mass is 79.9. The Kier molecular flexibility index (Phi) is 6.82. The molecule has 10 heteroatoms. The summed E-state index contributed by atoms with van der Waals surface area (Å²) in [5, 5.41) is 0. The molecule has 0 aliphatic rings. The summed E-state index contributed by atoms with van der Waals surface area (Å²) in [5.74, 6) is 0. The number of rotatable bonds is 4. The highest BCUT2D eigenvalue weighted by Gasteiger charge is 2.32. The second-order valence-corrected chi connectivity index (χ2v) is 14.4. The minimum absolute atomic E-state index is 0.186. The second kappa shape index (κ2) is 9.02. The Morgan fingerprint density at radius 2 is 1.44 bits per heavy atom. The molecule has 4 heterocycles. The van der Waals surface area contributed by atoms with Gasteiger partial charge in [-0.25, -0.2) is 0 Å². The molecule has 166 valence electrons. The third-order valence-corrected chi connectivity index (χ3v) is 9.19. The zero-order valence-corrected chi connectivity index (χ0v) is 23.1. The Hall–Kier alpha value is -0.935. The summed E-state index contributed by atoms with van der Waals surface area (Å²) in [7, 11) is 0. The average Bonchev–Trinajstić information content (AvgIpc) is 3.34. The Labute approximate surface area is 213 Å². The van der Waals surface area contributed by atoms with Crippen LogP contribution in [0.5, 0.6) is 0 Å². The second-order valence-electron chi connectivity index (χ2n) is 7.43. The summed E-state index contributed by atoms with van der Waals surface area (Å²) in [4.78, 5) is 11.0. The molecular weight excluding hydrogens is 602 g/mol. The van der Waals surface area contributed by atoms with Crippen LogP contribution in [0.25, 0.3) is 32.1 Å². The maximum Gasteiger partial charge on any atom is 0.417 e. The average molecular weight is 619 g/mol. The van der Waals surface area contributed by atoms with Gasteiger partial charge in [0.1, 0.15) is 0 Å². The number of aryl methyl sites for hydroxylation is 4. The minimum Gasteiger partial charge on any atom is -0.255 e. The standard InChI is InChI=1S/C22H17BBr2F3NS3/c1-10-7-15(12(3)30-10)18-19(23(24)25)21(17-6-5-14(9-29-17)22(26,27)28)32-20(18)16-8-11(2)31-13(16)4/h5-9H,1-4H3. The number of pyridine rings is 1. The van der Waals surface area contributed by atoms with Crippen molar-refractivity contribution in [2.45, 2.75) is 33.9 Å². The number of hydrogen-bond donors (Lipinski definition) is 0. The monoisotopic (exact) mass is 617 g/mol. The van der Waals surface area contributed by atoms with E-state index in [2.05, 4.69) is 76.3 Å².